The molecule has 0 amide bonds. The van der Waals surface area contributed by atoms with Gasteiger partial charge in [-0.25, -0.2) is 0 Å². The third-order valence-electron chi connectivity index (χ3n) is 2.83. The van der Waals surface area contributed by atoms with Crippen LogP contribution in [0.3, 0.4) is 0 Å². The summed E-state index contributed by atoms with van der Waals surface area (Å²) in [6.45, 7) is 2.23. The van der Waals surface area contributed by atoms with Gasteiger partial charge in [-0.3, -0.25) is 0 Å². The summed E-state index contributed by atoms with van der Waals surface area (Å²) in [4.78, 5) is 0. The van der Waals surface area contributed by atoms with Gasteiger partial charge < -0.3 is 0 Å². The van der Waals surface area contributed by atoms with Gasteiger partial charge in [0.25, 0.3) is 0 Å². The van der Waals surface area contributed by atoms with Crippen molar-refractivity contribution in [3.63, 3.8) is 0 Å². The van der Waals surface area contributed by atoms with E-state index in [1.807, 2.05) is 0 Å². The normalized spacial score (nSPS) is 15.0. The third kappa shape index (κ3) is 11.4. The Morgan fingerprint density at radius 1 is 0.750 bits per heavy atom. The molecular formula is C13H25Cl3. The summed E-state index contributed by atoms with van der Waals surface area (Å²) in [5.74, 6) is 0.662. The maximum atomic E-state index is 6.25. The Balaban J connectivity index is 3.26. The van der Waals surface area contributed by atoms with Crippen molar-refractivity contribution in [2.45, 2.75) is 75.5 Å². The van der Waals surface area contributed by atoms with Gasteiger partial charge in [-0.15, -0.1) is 34.8 Å². The van der Waals surface area contributed by atoms with Crippen LogP contribution < -0.4 is 0 Å². The van der Waals surface area contributed by atoms with Crippen molar-refractivity contribution in [3.05, 3.63) is 0 Å². The summed E-state index contributed by atoms with van der Waals surface area (Å²) in [6.07, 6.45) is 10.6. The highest BCUT2D eigenvalue weighted by Gasteiger charge is 2.07. The zero-order chi connectivity index (χ0) is 12.2. The van der Waals surface area contributed by atoms with E-state index in [-0.39, 0.29) is 5.38 Å². The lowest BCUT2D eigenvalue weighted by Crippen LogP contribution is -2.03. The van der Waals surface area contributed by atoms with Crippen molar-refractivity contribution < 1.29 is 0 Å². The van der Waals surface area contributed by atoms with Crippen molar-refractivity contribution in [2.24, 2.45) is 0 Å². The van der Waals surface area contributed by atoms with Crippen molar-refractivity contribution in [2.75, 3.05) is 5.88 Å². The Labute approximate surface area is 116 Å². The summed E-state index contributed by atoms with van der Waals surface area (Å²) < 4.78 is 0. The monoisotopic (exact) mass is 286 g/mol. The lowest BCUT2D eigenvalue weighted by molar-refractivity contribution is 0.562. The van der Waals surface area contributed by atoms with E-state index in [0.29, 0.717) is 11.3 Å². The van der Waals surface area contributed by atoms with E-state index >= 15 is 0 Å². The van der Waals surface area contributed by atoms with Crippen LogP contribution in [0.1, 0.15) is 64.7 Å². The molecule has 0 aliphatic carbocycles. The van der Waals surface area contributed by atoms with E-state index in [0.717, 1.165) is 32.1 Å². The van der Waals surface area contributed by atoms with Crippen molar-refractivity contribution >= 4 is 34.8 Å². The topological polar surface area (TPSA) is 0 Å². The fourth-order valence-electron chi connectivity index (χ4n) is 1.76. The Hall–Kier alpha value is 0.870. The number of alkyl halides is 3. The Kier molecular flexibility index (Phi) is 13.0. The van der Waals surface area contributed by atoms with E-state index in [1.54, 1.807) is 0 Å². The highest BCUT2D eigenvalue weighted by molar-refractivity contribution is 6.22. The van der Waals surface area contributed by atoms with Crippen molar-refractivity contribution in [1.29, 1.82) is 0 Å². The van der Waals surface area contributed by atoms with Gasteiger partial charge in [-0.2, -0.15) is 0 Å². The molecule has 2 unspecified atom stereocenters. The second kappa shape index (κ2) is 12.3. The van der Waals surface area contributed by atoms with Crippen LogP contribution in [0.4, 0.5) is 0 Å². The Bertz CT molecular complexity index is 139. The van der Waals surface area contributed by atoms with Gasteiger partial charge in [0.2, 0.25) is 0 Å². The first kappa shape index (κ1) is 16.9. The first-order chi connectivity index (χ1) is 7.70. The second-order valence-corrected chi connectivity index (χ2v) is 6.06. The van der Waals surface area contributed by atoms with E-state index in [9.17, 15) is 0 Å². The molecule has 0 rings (SSSR count). The average molecular weight is 288 g/mol. The zero-order valence-electron chi connectivity index (χ0n) is 10.4. The fraction of sp³-hybridized carbons (Fsp3) is 1.00. The van der Waals surface area contributed by atoms with E-state index < -0.39 is 0 Å². The Morgan fingerprint density at radius 2 is 1.31 bits per heavy atom. The minimum absolute atomic E-state index is 0.237. The van der Waals surface area contributed by atoms with Crippen LogP contribution >= 0.6 is 34.8 Å². The van der Waals surface area contributed by atoms with Gasteiger partial charge in [0, 0.05) is 16.6 Å². The highest BCUT2D eigenvalue weighted by Crippen LogP contribution is 2.19. The molecule has 16 heavy (non-hydrogen) atoms. The number of rotatable bonds is 11. The van der Waals surface area contributed by atoms with Crippen molar-refractivity contribution in [3.8, 4) is 0 Å². The summed E-state index contributed by atoms with van der Waals surface area (Å²) in [5, 5.41) is 0.582. The number of halogens is 3. The van der Waals surface area contributed by atoms with Crippen molar-refractivity contribution in [1.82, 2.24) is 0 Å². The molecule has 0 heterocycles. The average Bonchev–Trinajstić information content (AvgIpc) is 2.25. The highest BCUT2D eigenvalue weighted by atomic mass is 35.5. The van der Waals surface area contributed by atoms with Gasteiger partial charge >= 0.3 is 0 Å². The number of unbranched alkanes of at least 4 members (excludes halogenated alkanes) is 3. The molecule has 0 aromatic carbocycles. The molecule has 2 atom stereocenters. The van der Waals surface area contributed by atoms with E-state index in [1.165, 1.54) is 25.7 Å². The van der Waals surface area contributed by atoms with Crippen LogP contribution in [-0.4, -0.2) is 16.6 Å². The van der Waals surface area contributed by atoms with Crippen LogP contribution in [-0.2, 0) is 0 Å². The maximum absolute atomic E-state index is 6.25. The molecule has 0 N–H and O–H groups in total. The van der Waals surface area contributed by atoms with E-state index in [4.69, 9.17) is 34.8 Å². The lowest BCUT2D eigenvalue weighted by atomic mass is 10.1. The van der Waals surface area contributed by atoms with Gasteiger partial charge in [0.05, 0.1) is 0 Å². The molecule has 0 aliphatic heterocycles. The van der Waals surface area contributed by atoms with Gasteiger partial charge in [0.1, 0.15) is 0 Å². The summed E-state index contributed by atoms with van der Waals surface area (Å²) in [7, 11) is 0. The minimum Gasteiger partial charge on any atom is -0.127 e. The smallest absolute Gasteiger partial charge is 0.0347 e. The maximum Gasteiger partial charge on any atom is 0.0347 e. The predicted octanol–water partition coefficient (Wildman–Crippen LogP) is 5.97. The molecule has 0 bridgehead atoms. The predicted molar refractivity (Wildman–Crippen MR) is 77.2 cm³/mol. The molecule has 0 saturated heterocycles. The van der Waals surface area contributed by atoms with Crippen LogP contribution in [0.15, 0.2) is 0 Å². The molecular weight excluding hydrogens is 263 g/mol. The van der Waals surface area contributed by atoms with Crippen LogP contribution in [0.5, 0.6) is 0 Å². The molecule has 0 saturated carbocycles. The molecule has 0 aromatic heterocycles. The van der Waals surface area contributed by atoms with Crippen LogP contribution in [0.2, 0.25) is 0 Å². The van der Waals surface area contributed by atoms with Gasteiger partial charge in [0.15, 0.2) is 0 Å². The van der Waals surface area contributed by atoms with Gasteiger partial charge in [-0.05, 0) is 25.7 Å². The zero-order valence-corrected chi connectivity index (χ0v) is 12.6. The molecule has 98 valence electrons. The summed E-state index contributed by atoms with van der Waals surface area (Å²) in [5.41, 5.74) is 0. The summed E-state index contributed by atoms with van der Waals surface area (Å²) >= 11 is 18.0. The quantitative estimate of drug-likeness (QED) is 0.324. The molecule has 0 radical (unpaired) electrons. The van der Waals surface area contributed by atoms with Crippen LogP contribution in [0.25, 0.3) is 0 Å². The standard InChI is InChI=1S/C13H25Cl3/c1-2-3-4-5-7-12(15)8-6-9-13(16)10-11-14/h12-13H,2-11H2,1H3. The largest absolute Gasteiger partial charge is 0.127 e. The lowest BCUT2D eigenvalue weighted by Gasteiger charge is -2.11. The molecule has 0 aromatic rings. The van der Waals surface area contributed by atoms with Crippen LogP contribution in [0, 0.1) is 0 Å². The molecule has 0 fully saturated rings. The SMILES string of the molecule is CCCCCCC(Cl)CCCC(Cl)CCCl. The number of hydrogen-bond acceptors (Lipinski definition) is 0. The molecule has 0 aliphatic rings. The Morgan fingerprint density at radius 3 is 1.88 bits per heavy atom. The molecule has 0 spiro atoms. The molecule has 0 nitrogen and oxygen atoms in total. The first-order valence-corrected chi connectivity index (χ1v) is 7.95. The number of hydrogen-bond donors (Lipinski definition) is 0. The summed E-state index contributed by atoms with van der Waals surface area (Å²) in [6, 6.07) is 0. The minimum atomic E-state index is 0.237. The van der Waals surface area contributed by atoms with E-state index in [2.05, 4.69) is 6.92 Å². The second-order valence-electron chi connectivity index (χ2n) is 4.45. The molecule has 3 heteroatoms. The third-order valence-corrected chi connectivity index (χ3v) is 3.92. The fourth-order valence-corrected chi connectivity index (χ4v) is 2.71. The first-order valence-electron chi connectivity index (χ1n) is 6.54. The van der Waals surface area contributed by atoms with Gasteiger partial charge in [-0.1, -0.05) is 39.0 Å².